The van der Waals surface area contributed by atoms with E-state index in [0.717, 1.165) is 27.9 Å². The van der Waals surface area contributed by atoms with Crippen molar-refractivity contribution in [3.8, 4) is 0 Å². The molecule has 0 aliphatic carbocycles. The van der Waals surface area contributed by atoms with Gasteiger partial charge in [0.25, 0.3) is 11.5 Å². The lowest BCUT2D eigenvalue weighted by Gasteiger charge is -2.17. The molecule has 3 aromatic rings. The Morgan fingerprint density at radius 2 is 1.72 bits per heavy atom. The first-order valence-electron chi connectivity index (χ1n) is 9.40. The minimum absolute atomic E-state index is 0.136. The van der Waals surface area contributed by atoms with Crippen molar-refractivity contribution in [2.24, 2.45) is 0 Å². The summed E-state index contributed by atoms with van der Waals surface area (Å²) in [6.45, 7) is 0.678. The Morgan fingerprint density at radius 1 is 0.966 bits per heavy atom. The monoisotopic (exact) mass is 388 g/mol. The van der Waals surface area contributed by atoms with Gasteiger partial charge in [0.15, 0.2) is 0 Å². The molecule has 0 bridgehead atoms. The highest BCUT2D eigenvalue weighted by atomic mass is 16.2. The molecule has 0 saturated carbocycles. The summed E-state index contributed by atoms with van der Waals surface area (Å²) in [6.07, 6.45) is 0.781. The number of carbonyl (C=O) groups excluding carboxylic acids is 2. The van der Waals surface area contributed by atoms with Crippen LogP contribution in [0.4, 0.5) is 5.69 Å². The summed E-state index contributed by atoms with van der Waals surface area (Å²) in [6, 6.07) is 19.9. The Bertz CT molecular complexity index is 1110. The molecular formula is C22H20N4O3. The van der Waals surface area contributed by atoms with Crippen LogP contribution < -0.4 is 15.8 Å². The van der Waals surface area contributed by atoms with Crippen LogP contribution in [-0.4, -0.2) is 28.1 Å². The van der Waals surface area contributed by atoms with Crippen LogP contribution in [0, 0.1) is 0 Å². The summed E-state index contributed by atoms with van der Waals surface area (Å²) in [5, 5.41) is 6.89. The van der Waals surface area contributed by atoms with Crippen molar-refractivity contribution in [3.05, 3.63) is 93.9 Å². The second-order valence-corrected chi connectivity index (χ2v) is 6.81. The SMILES string of the molecule is O=C(Cn1nc(C(=O)N2CCc3ccccc32)ccc1=O)NCc1ccccc1. The van der Waals surface area contributed by atoms with Crippen LogP contribution in [0.3, 0.4) is 0 Å². The zero-order valence-corrected chi connectivity index (χ0v) is 15.7. The average Bonchev–Trinajstić information content (AvgIpc) is 3.18. The summed E-state index contributed by atoms with van der Waals surface area (Å²) < 4.78 is 1.02. The summed E-state index contributed by atoms with van der Waals surface area (Å²) in [5.74, 6) is -0.632. The van der Waals surface area contributed by atoms with Gasteiger partial charge in [-0.2, -0.15) is 5.10 Å². The first-order chi connectivity index (χ1) is 14.1. The number of anilines is 1. The van der Waals surface area contributed by atoms with E-state index in [2.05, 4.69) is 10.4 Å². The highest BCUT2D eigenvalue weighted by Gasteiger charge is 2.26. The smallest absolute Gasteiger partial charge is 0.278 e. The molecule has 146 valence electrons. The summed E-state index contributed by atoms with van der Waals surface area (Å²) in [5.41, 5.74) is 2.63. The molecule has 7 nitrogen and oxygen atoms in total. The Morgan fingerprint density at radius 3 is 2.55 bits per heavy atom. The molecule has 0 unspecified atom stereocenters. The fourth-order valence-electron chi connectivity index (χ4n) is 3.35. The van der Waals surface area contributed by atoms with E-state index in [1.54, 1.807) is 4.90 Å². The summed E-state index contributed by atoms with van der Waals surface area (Å²) in [4.78, 5) is 38.9. The van der Waals surface area contributed by atoms with Gasteiger partial charge in [-0.1, -0.05) is 48.5 Å². The number of carbonyl (C=O) groups is 2. The van der Waals surface area contributed by atoms with Crippen LogP contribution in [-0.2, 0) is 24.3 Å². The first kappa shape index (κ1) is 18.6. The first-order valence-corrected chi connectivity index (χ1v) is 9.40. The van der Waals surface area contributed by atoms with Crippen molar-refractivity contribution in [3.63, 3.8) is 0 Å². The standard InChI is InChI=1S/C22H20N4O3/c27-20(23-14-16-6-2-1-3-7-16)15-26-21(28)11-10-18(24-26)22(29)25-13-12-17-8-4-5-9-19(17)25/h1-11H,12-15H2,(H,23,27). The van der Waals surface area contributed by atoms with Crippen LogP contribution in [0.1, 0.15) is 21.6 Å². The van der Waals surface area contributed by atoms with Gasteiger partial charge in [0.05, 0.1) is 0 Å². The minimum Gasteiger partial charge on any atom is -0.350 e. The Hall–Kier alpha value is -3.74. The fraction of sp³-hybridized carbons (Fsp3) is 0.182. The highest BCUT2D eigenvalue weighted by molar-refractivity contribution is 6.05. The molecular weight excluding hydrogens is 368 g/mol. The fourth-order valence-corrected chi connectivity index (χ4v) is 3.35. The molecule has 0 saturated heterocycles. The molecule has 29 heavy (non-hydrogen) atoms. The van der Waals surface area contributed by atoms with E-state index >= 15 is 0 Å². The lowest BCUT2D eigenvalue weighted by Crippen LogP contribution is -2.36. The molecule has 1 aliphatic rings. The summed E-state index contributed by atoms with van der Waals surface area (Å²) >= 11 is 0. The van der Waals surface area contributed by atoms with Gasteiger partial charge in [-0.25, -0.2) is 4.68 Å². The van der Waals surface area contributed by atoms with Crippen molar-refractivity contribution >= 4 is 17.5 Å². The second-order valence-electron chi connectivity index (χ2n) is 6.81. The molecule has 4 rings (SSSR count). The lowest BCUT2D eigenvalue weighted by molar-refractivity contribution is -0.122. The third-order valence-electron chi connectivity index (χ3n) is 4.84. The van der Waals surface area contributed by atoms with E-state index in [1.165, 1.54) is 12.1 Å². The number of hydrogen-bond donors (Lipinski definition) is 1. The van der Waals surface area contributed by atoms with Crippen molar-refractivity contribution in [1.82, 2.24) is 15.1 Å². The Balaban J connectivity index is 1.47. The number of amides is 2. The van der Waals surface area contributed by atoms with E-state index in [9.17, 15) is 14.4 Å². The van der Waals surface area contributed by atoms with Crippen molar-refractivity contribution in [1.29, 1.82) is 0 Å². The number of para-hydroxylation sites is 1. The van der Waals surface area contributed by atoms with E-state index in [0.29, 0.717) is 13.1 Å². The Labute approximate surface area is 167 Å². The lowest BCUT2D eigenvalue weighted by atomic mass is 10.2. The van der Waals surface area contributed by atoms with Gasteiger partial charge < -0.3 is 10.2 Å². The van der Waals surface area contributed by atoms with E-state index in [-0.39, 0.29) is 24.1 Å². The van der Waals surface area contributed by atoms with Gasteiger partial charge in [-0.3, -0.25) is 14.4 Å². The number of aromatic nitrogens is 2. The van der Waals surface area contributed by atoms with Crippen molar-refractivity contribution < 1.29 is 9.59 Å². The third-order valence-corrected chi connectivity index (χ3v) is 4.84. The van der Waals surface area contributed by atoms with Gasteiger partial charge in [0.1, 0.15) is 12.2 Å². The number of rotatable bonds is 5. The number of nitrogens with zero attached hydrogens (tertiary/aromatic N) is 3. The quantitative estimate of drug-likeness (QED) is 0.722. The largest absolute Gasteiger partial charge is 0.350 e. The van der Waals surface area contributed by atoms with E-state index in [4.69, 9.17) is 0 Å². The van der Waals surface area contributed by atoms with Gasteiger partial charge in [0, 0.05) is 24.8 Å². The average molecular weight is 388 g/mol. The molecule has 0 atom stereocenters. The van der Waals surface area contributed by atoms with Crippen LogP contribution in [0.25, 0.3) is 0 Å². The van der Waals surface area contributed by atoms with Gasteiger partial charge in [-0.15, -0.1) is 0 Å². The molecule has 2 amide bonds. The predicted octanol–water partition coefficient (Wildman–Crippen LogP) is 1.76. The molecule has 0 spiro atoms. The van der Waals surface area contributed by atoms with Crippen molar-refractivity contribution in [2.75, 3.05) is 11.4 Å². The van der Waals surface area contributed by atoms with Gasteiger partial charge >= 0.3 is 0 Å². The number of fused-ring (bicyclic) bond motifs is 1. The van der Waals surface area contributed by atoms with Crippen LogP contribution in [0.5, 0.6) is 0 Å². The third kappa shape index (κ3) is 4.08. The molecule has 1 aromatic heterocycles. The molecule has 2 heterocycles. The molecule has 0 fully saturated rings. The van der Waals surface area contributed by atoms with E-state index < -0.39 is 5.56 Å². The number of hydrogen-bond acceptors (Lipinski definition) is 4. The van der Waals surface area contributed by atoms with Gasteiger partial charge in [-0.05, 0) is 29.7 Å². The molecule has 1 aliphatic heterocycles. The van der Waals surface area contributed by atoms with Crippen LogP contribution in [0.2, 0.25) is 0 Å². The topological polar surface area (TPSA) is 84.3 Å². The van der Waals surface area contributed by atoms with Gasteiger partial charge in [0.2, 0.25) is 5.91 Å². The van der Waals surface area contributed by atoms with Crippen LogP contribution >= 0.6 is 0 Å². The number of benzene rings is 2. The van der Waals surface area contributed by atoms with Crippen LogP contribution in [0.15, 0.2) is 71.5 Å². The minimum atomic E-state index is -0.432. The maximum Gasteiger partial charge on any atom is 0.278 e. The molecule has 2 aromatic carbocycles. The molecule has 0 radical (unpaired) electrons. The zero-order valence-electron chi connectivity index (χ0n) is 15.7. The molecule has 7 heteroatoms. The van der Waals surface area contributed by atoms with E-state index in [1.807, 2.05) is 54.6 Å². The second kappa shape index (κ2) is 8.10. The predicted molar refractivity (Wildman–Crippen MR) is 109 cm³/mol. The molecule has 1 N–H and O–H groups in total. The number of nitrogens with one attached hydrogen (secondary N) is 1. The Kier molecular flexibility index (Phi) is 5.20. The normalized spacial score (nSPS) is 12.5. The maximum absolute atomic E-state index is 12.9. The maximum atomic E-state index is 12.9. The summed E-state index contributed by atoms with van der Waals surface area (Å²) in [7, 11) is 0. The van der Waals surface area contributed by atoms with Crippen molar-refractivity contribution in [2.45, 2.75) is 19.5 Å². The highest BCUT2D eigenvalue weighted by Crippen LogP contribution is 2.28. The zero-order chi connectivity index (χ0) is 20.2.